The number of hydrogen-bond donors (Lipinski definition) is 0. The lowest BCUT2D eigenvalue weighted by atomic mass is 10.1. The maximum Gasteiger partial charge on any atom is 0.161 e. The highest BCUT2D eigenvalue weighted by Crippen LogP contribution is 2.07. The fourth-order valence-corrected chi connectivity index (χ4v) is 0.951. The van der Waals surface area contributed by atoms with Crippen molar-refractivity contribution in [3.8, 4) is 6.07 Å². The van der Waals surface area contributed by atoms with Gasteiger partial charge in [-0.3, -0.25) is 9.78 Å². The molecule has 1 aromatic rings. The van der Waals surface area contributed by atoms with Gasteiger partial charge in [-0.25, -0.2) is 0 Å². The monoisotopic (exact) mass is 160 g/mol. The van der Waals surface area contributed by atoms with Gasteiger partial charge in [0.05, 0.1) is 5.56 Å². The van der Waals surface area contributed by atoms with Crippen molar-refractivity contribution in [1.29, 1.82) is 5.26 Å². The molecule has 3 nitrogen and oxygen atoms in total. The van der Waals surface area contributed by atoms with E-state index < -0.39 is 0 Å². The van der Waals surface area contributed by atoms with Crippen LogP contribution in [-0.4, -0.2) is 10.8 Å². The van der Waals surface area contributed by atoms with E-state index in [9.17, 15) is 4.79 Å². The number of aromatic nitrogens is 1. The fraction of sp³-hybridized carbons (Fsp3) is 0.222. The van der Waals surface area contributed by atoms with Crippen LogP contribution in [0.2, 0.25) is 0 Å². The molecular formula is C9H8N2O. The van der Waals surface area contributed by atoms with Crippen LogP contribution in [0.5, 0.6) is 0 Å². The molecule has 0 fully saturated rings. The summed E-state index contributed by atoms with van der Waals surface area (Å²) >= 11 is 0. The number of rotatable bonds is 1. The van der Waals surface area contributed by atoms with E-state index in [4.69, 9.17) is 5.26 Å². The smallest absolute Gasteiger partial charge is 0.161 e. The van der Waals surface area contributed by atoms with Crippen molar-refractivity contribution in [2.45, 2.75) is 13.8 Å². The predicted molar refractivity (Wildman–Crippen MR) is 43.7 cm³/mol. The number of ketones is 1. The summed E-state index contributed by atoms with van der Waals surface area (Å²) in [5.41, 5.74) is 1.61. The van der Waals surface area contributed by atoms with Crippen LogP contribution in [0.3, 0.4) is 0 Å². The second kappa shape index (κ2) is 3.14. The van der Waals surface area contributed by atoms with Gasteiger partial charge in [0.15, 0.2) is 5.78 Å². The number of carbonyl (C=O) groups excluding carboxylic acids is 1. The molecule has 0 N–H and O–H groups in total. The fourth-order valence-electron chi connectivity index (χ4n) is 0.951. The first kappa shape index (κ1) is 8.41. The standard InChI is InChI=1S/C9H8N2O/c1-6-9(7(2)12)3-8(4-10)5-11-6/h3,5H,1-2H3. The third-order valence-corrected chi connectivity index (χ3v) is 1.60. The molecule has 0 saturated carbocycles. The van der Waals surface area contributed by atoms with Crippen LogP contribution in [0.25, 0.3) is 0 Å². The zero-order valence-electron chi connectivity index (χ0n) is 6.96. The summed E-state index contributed by atoms with van der Waals surface area (Å²) < 4.78 is 0. The highest BCUT2D eigenvalue weighted by Gasteiger charge is 2.05. The Balaban J connectivity index is 3.28. The Morgan fingerprint density at radius 2 is 2.33 bits per heavy atom. The first-order valence-electron chi connectivity index (χ1n) is 3.53. The van der Waals surface area contributed by atoms with E-state index >= 15 is 0 Å². The Morgan fingerprint density at radius 3 is 2.83 bits per heavy atom. The molecule has 0 unspecified atom stereocenters. The first-order chi connectivity index (χ1) is 5.65. The Bertz CT molecular complexity index is 363. The Morgan fingerprint density at radius 1 is 1.67 bits per heavy atom. The summed E-state index contributed by atoms with van der Waals surface area (Å²) in [4.78, 5) is 14.9. The summed E-state index contributed by atoms with van der Waals surface area (Å²) in [6, 6.07) is 3.49. The minimum atomic E-state index is -0.0582. The molecule has 3 heteroatoms. The molecule has 1 aromatic heterocycles. The highest BCUT2D eigenvalue weighted by molar-refractivity contribution is 5.95. The van der Waals surface area contributed by atoms with Gasteiger partial charge in [0.25, 0.3) is 0 Å². The van der Waals surface area contributed by atoms with E-state index in [0.717, 1.165) is 0 Å². The molecule has 0 amide bonds. The molecule has 0 aromatic carbocycles. The summed E-state index contributed by atoms with van der Waals surface area (Å²) in [7, 11) is 0. The molecule has 0 saturated heterocycles. The maximum absolute atomic E-state index is 11.0. The summed E-state index contributed by atoms with van der Waals surface area (Å²) in [5.74, 6) is -0.0582. The van der Waals surface area contributed by atoms with Gasteiger partial charge >= 0.3 is 0 Å². The number of carbonyl (C=O) groups is 1. The van der Waals surface area contributed by atoms with Crippen LogP contribution in [0.15, 0.2) is 12.3 Å². The van der Waals surface area contributed by atoms with E-state index in [0.29, 0.717) is 16.8 Å². The minimum Gasteiger partial charge on any atom is -0.294 e. The van der Waals surface area contributed by atoms with Crippen molar-refractivity contribution in [3.63, 3.8) is 0 Å². The van der Waals surface area contributed by atoms with Crippen molar-refractivity contribution < 1.29 is 4.79 Å². The molecule has 0 radical (unpaired) electrons. The van der Waals surface area contributed by atoms with E-state index in [-0.39, 0.29) is 5.78 Å². The predicted octanol–water partition coefficient (Wildman–Crippen LogP) is 1.46. The van der Waals surface area contributed by atoms with E-state index in [1.807, 2.05) is 6.07 Å². The maximum atomic E-state index is 11.0. The van der Waals surface area contributed by atoms with Crippen molar-refractivity contribution in [1.82, 2.24) is 4.98 Å². The number of aryl methyl sites for hydroxylation is 1. The van der Waals surface area contributed by atoms with Crippen molar-refractivity contribution >= 4 is 5.78 Å². The Kier molecular flexibility index (Phi) is 2.20. The Labute approximate surface area is 70.7 Å². The molecule has 12 heavy (non-hydrogen) atoms. The molecule has 1 heterocycles. The van der Waals surface area contributed by atoms with Crippen LogP contribution in [0.1, 0.15) is 28.5 Å². The van der Waals surface area contributed by atoms with Gasteiger partial charge in [0.2, 0.25) is 0 Å². The highest BCUT2D eigenvalue weighted by atomic mass is 16.1. The van der Waals surface area contributed by atoms with Gasteiger partial charge < -0.3 is 0 Å². The average Bonchev–Trinajstić information content (AvgIpc) is 2.05. The molecule has 0 atom stereocenters. The second-order valence-electron chi connectivity index (χ2n) is 2.52. The quantitative estimate of drug-likeness (QED) is 0.584. The van der Waals surface area contributed by atoms with Gasteiger partial charge in [-0.15, -0.1) is 0 Å². The molecule has 0 bridgehead atoms. The Hall–Kier alpha value is -1.69. The number of nitrogens with zero attached hydrogens (tertiary/aromatic N) is 2. The largest absolute Gasteiger partial charge is 0.294 e. The third kappa shape index (κ3) is 1.48. The lowest BCUT2D eigenvalue weighted by Gasteiger charge is -1.99. The van der Waals surface area contributed by atoms with Gasteiger partial charge in [-0.05, 0) is 19.9 Å². The van der Waals surface area contributed by atoms with E-state index in [1.165, 1.54) is 13.1 Å². The molecule has 60 valence electrons. The summed E-state index contributed by atoms with van der Waals surface area (Å²) in [6.07, 6.45) is 1.46. The lowest BCUT2D eigenvalue weighted by Crippen LogP contribution is -1.99. The van der Waals surface area contributed by atoms with Crippen LogP contribution in [-0.2, 0) is 0 Å². The third-order valence-electron chi connectivity index (χ3n) is 1.60. The number of nitriles is 1. The van der Waals surface area contributed by atoms with Gasteiger partial charge in [0, 0.05) is 17.5 Å². The average molecular weight is 160 g/mol. The molecule has 0 aliphatic heterocycles. The molecular weight excluding hydrogens is 152 g/mol. The second-order valence-corrected chi connectivity index (χ2v) is 2.52. The van der Waals surface area contributed by atoms with Crippen molar-refractivity contribution in [2.75, 3.05) is 0 Å². The van der Waals surface area contributed by atoms with Gasteiger partial charge in [-0.1, -0.05) is 0 Å². The van der Waals surface area contributed by atoms with Gasteiger partial charge in [-0.2, -0.15) is 5.26 Å². The van der Waals surface area contributed by atoms with Crippen LogP contribution < -0.4 is 0 Å². The SMILES string of the molecule is CC(=O)c1cc(C#N)cnc1C. The van der Waals surface area contributed by atoms with E-state index in [2.05, 4.69) is 4.98 Å². The van der Waals surface area contributed by atoms with E-state index in [1.54, 1.807) is 13.0 Å². The normalized spacial score (nSPS) is 9.08. The molecule has 0 spiro atoms. The zero-order valence-corrected chi connectivity index (χ0v) is 6.96. The van der Waals surface area contributed by atoms with Crippen LogP contribution in [0, 0.1) is 18.3 Å². The number of Topliss-reactive ketones (excluding diaryl/α,β-unsaturated/α-hetero) is 1. The zero-order chi connectivity index (χ0) is 9.14. The lowest BCUT2D eigenvalue weighted by molar-refractivity contribution is 0.101. The van der Waals surface area contributed by atoms with Crippen LogP contribution in [0.4, 0.5) is 0 Å². The molecule has 1 rings (SSSR count). The van der Waals surface area contributed by atoms with Crippen molar-refractivity contribution in [3.05, 3.63) is 29.1 Å². The summed E-state index contributed by atoms with van der Waals surface area (Å²) in [5, 5.41) is 8.53. The molecule has 0 aliphatic carbocycles. The number of pyridine rings is 1. The van der Waals surface area contributed by atoms with Crippen LogP contribution >= 0.6 is 0 Å². The number of hydrogen-bond acceptors (Lipinski definition) is 3. The van der Waals surface area contributed by atoms with Gasteiger partial charge in [0.1, 0.15) is 6.07 Å². The topological polar surface area (TPSA) is 53.8 Å². The first-order valence-corrected chi connectivity index (χ1v) is 3.53. The molecule has 0 aliphatic rings. The van der Waals surface area contributed by atoms with Crippen molar-refractivity contribution in [2.24, 2.45) is 0 Å². The minimum absolute atomic E-state index is 0.0582. The summed E-state index contributed by atoms with van der Waals surface area (Å²) in [6.45, 7) is 3.21.